The van der Waals surface area contributed by atoms with Gasteiger partial charge in [0.05, 0.1) is 0 Å². The van der Waals surface area contributed by atoms with E-state index in [-0.39, 0.29) is 11.9 Å². The molecule has 0 aliphatic carbocycles. The zero-order valence-corrected chi connectivity index (χ0v) is 6.19. The van der Waals surface area contributed by atoms with Crippen LogP contribution in [0.5, 0.6) is 5.75 Å². The number of rotatable bonds is 2. The highest BCUT2D eigenvalue weighted by atomic mass is 17.1. The molecule has 0 aliphatic heterocycles. The molecule has 60 valence electrons. The molecule has 0 aromatic heterocycles. The van der Waals surface area contributed by atoms with Gasteiger partial charge >= 0.3 is 0 Å². The van der Waals surface area contributed by atoms with Gasteiger partial charge in [-0.05, 0) is 24.6 Å². The standard InChI is InChI=1S/C8H10O3/c1-6(11-10)7-2-4-8(9)5-3-7/h2-6,9-10H,1H3. The monoisotopic (exact) mass is 154 g/mol. The summed E-state index contributed by atoms with van der Waals surface area (Å²) < 4.78 is 0. The highest BCUT2D eigenvalue weighted by Crippen LogP contribution is 2.17. The van der Waals surface area contributed by atoms with Crippen molar-refractivity contribution < 1.29 is 15.3 Å². The van der Waals surface area contributed by atoms with Gasteiger partial charge in [-0.15, -0.1) is 0 Å². The second-order valence-corrected chi connectivity index (χ2v) is 2.34. The molecule has 0 spiro atoms. The number of aromatic hydroxyl groups is 1. The Morgan fingerprint density at radius 3 is 2.27 bits per heavy atom. The minimum Gasteiger partial charge on any atom is -0.508 e. The number of phenols is 1. The van der Waals surface area contributed by atoms with E-state index < -0.39 is 0 Å². The molecule has 0 fully saturated rings. The number of phenolic OH excluding ortho intramolecular Hbond substituents is 1. The molecular weight excluding hydrogens is 144 g/mol. The second kappa shape index (κ2) is 3.37. The summed E-state index contributed by atoms with van der Waals surface area (Å²) in [6.07, 6.45) is -0.351. The van der Waals surface area contributed by atoms with Crippen LogP contribution in [0.4, 0.5) is 0 Å². The first-order valence-electron chi connectivity index (χ1n) is 3.33. The van der Waals surface area contributed by atoms with E-state index in [9.17, 15) is 0 Å². The molecule has 1 rings (SSSR count). The van der Waals surface area contributed by atoms with Crippen LogP contribution in [0.15, 0.2) is 24.3 Å². The summed E-state index contributed by atoms with van der Waals surface area (Å²) in [7, 11) is 0. The first kappa shape index (κ1) is 8.04. The van der Waals surface area contributed by atoms with E-state index in [1.54, 1.807) is 31.2 Å². The van der Waals surface area contributed by atoms with Crippen molar-refractivity contribution >= 4 is 0 Å². The summed E-state index contributed by atoms with van der Waals surface area (Å²) in [6.45, 7) is 1.71. The van der Waals surface area contributed by atoms with Crippen molar-refractivity contribution in [2.45, 2.75) is 13.0 Å². The molecular formula is C8H10O3. The van der Waals surface area contributed by atoms with Crippen LogP contribution in [0.1, 0.15) is 18.6 Å². The molecule has 0 saturated carbocycles. The molecule has 11 heavy (non-hydrogen) atoms. The fourth-order valence-electron chi connectivity index (χ4n) is 0.806. The van der Waals surface area contributed by atoms with Gasteiger partial charge < -0.3 is 5.11 Å². The summed E-state index contributed by atoms with van der Waals surface area (Å²) in [4.78, 5) is 4.09. The molecule has 0 aliphatic rings. The summed E-state index contributed by atoms with van der Waals surface area (Å²) in [6, 6.07) is 6.47. The van der Waals surface area contributed by atoms with Crippen molar-refractivity contribution in [1.82, 2.24) is 0 Å². The van der Waals surface area contributed by atoms with Crippen LogP contribution >= 0.6 is 0 Å². The van der Waals surface area contributed by atoms with Crippen LogP contribution < -0.4 is 0 Å². The van der Waals surface area contributed by atoms with Crippen molar-refractivity contribution in [3.63, 3.8) is 0 Å². The molecule has 1 aromatic carbocycles. The third-order valence-electron chi connectivity index (χ3n) is 1.52. The highest BCUT2D eigenvalue weighted by Gasteiger charge is 2.03. The average molecular weight is 154 g/mol. The Balaban J connectivity index is 2.81. The first-order chi connectivity index (χ1) is 5.24. The van der Waals surface area contributed by atoms with Crippen molar-refractivity contribution in [3.05, 3.63) is 29.8 Å². The number of hydrogen-bond donors (Lipinski definition) is 2. The fraction of sp³-hybridized carbons (Fsp3) is 0.250. The maximum atomic E-state index is 8.91. The van der Waals surface area contributed by atoms with E-state index in [2.05, 4.69) is 4.89 Å². The maximum Gasteiger partial charge on any atom is 0.115 e. The zero-order chi connectivity index (χ0) is 8.27. The van der Waals surface area contributed by atoms with Crippen molar-refractivity contribution in [1.29, 1.82) is 0 Å². The second-order valence-electron chi connectivity index (χ2n) is 2.34. The third kappa shape index (κ3) is 1.93. The Morgan fingerprint density at radius 2 is 1.82 bits per heavy atom. The largest absolute Gasteiger partial charge is 0.508 e. The van der Waals surface area contributed by atoms with Gasteiger partial charge in [0.15, 0.2) is 0 Å². The minimum atomic E-state index is -0.351. The van der Waals surface area contributed by atoms with Crippen molar-refractivity contribution in [2.75, 3.05) is 0 Å². The van der Waals surface area contributed by atoms with Gasteiger partial charge in [0.2, 0.25) is 0 Å². The maximum absolute atomic E-state index is 8.91. The lowest BCUT2D eigenvalue weighted by atomic mass is 10.1. The number of hydrogen-bond acceptors (Lipinski definition) is 3. The van der Waals surface area contributed by atoms with E-state index in [0.717, 1.165) is 5.56 Å². The number of benzene rings is 1. The predicted octanol–water partition coefficient (Wildman–Crippen LogP) is 1.94. The topological polar surface area (TPSA) is 49.7 Å². The van der Waals surface area contributed by atoms with Crippen LogP contribution in [0.3, 0.4) is 0 Å². The summed E-state index contributed by atoms with van der Waals surface area (Å²) in [5, 5.41) is 17.2. The van der Waals surface area contributed by atoms with E-state index in [0.29, 0.717) is 0 Å². The van der Waals surface area contributed by atoms with Crippen molar-refractivity contribution in [2.24, 2.45) is 0 Å². The van der Waals surface area contributed by atoms with Crippen LogP contribution in [0.2, 0.25) is 0 Å². The molecule has 3 nitrogen and oxygen atoms in total. The lowest BCUT2D eigenvalue weighted by molar-refractivity contribution is -0.277. The Hall–Kier alpha value is -1.06. The van der Waals surface area contributed by atoms with E-state index in [4.69, 9.17) is 10.4 Å². The van der Waals surface area contributed by atoms with Gasteiger partial charge in [0, 0.05) is 0 Å². The van der Waals surface area contributed by atoms with Gasteiger partial charge in [-0.3, -0.25) is 5.26 Å². The quantitative estimate of drug-likeness (QED) is 0.505. The fourth-order valence-corrected chi connectivity index (χ4v) is 0.806. The van der Waals surface area contributed by atoms with E-state index >= 15 is 0 Å². The summed E-state index contributed by atoms with van der Waals surface area (Å²) in [5.41, 5.74) is 0.824. The molecule has 1 aromatic rings. The molecule has 3 heteroatoms. The summed E-state index contributed by atoms with van der Waals surface area (Å²) in [5.74, 6) is 0.207. The normalized spacial score (nSPS) is 12.9. The van der Waals surface area contributed by atoms with Crippen LogP contribution in [-0.2, 0) is 4.89 Å². The smallest absolute Gasteiger partial charge is 0.115 e. The SMILES string of the molecule is CC(OO)c1ccc(O)cc1. The minimum absolute atomic E-state index is 0.207. The summed E-state index contributed by atoms with van der Waals surface area (Å²) >= 11 is 0. The molecule has 1 atom stereocenters. The predicted molar refractivity (Wildman–Crippen MR) is 40.2 cm³/mol. The van der Waals surface area contributed by atoms with Crippen molar-refractivity contribution in [3.8, 4) is 5.75 Å². The van der Waals surface area contributed by atoms with Gasteiger partial charge in [-0.25, -0.2) is 4.89 Å². The zero-order valence-electron chi connectivity index (χ0n) is 6.19. The molecule has 2 N–H and O–H groups in total. The third-order valence-corrected chi connectivity index (χ3v) is 1.52. The van der Waals surface area contributed by atoms with Crippen LogP contribution in [0.25, 0.3) is 0 Å². The molecule has 0 saturated heterocycles. The Kier molecular flexibility index (Phi) is 2.46. The van der Waals surface area contributed by atoms with Gasteiger partial charge in [0.1, 0.15) is 11.9 Å². The molecule has 0 radical (unpaired) electrons. The van der Waals surface area contributed by atoms with Gasteiger partial charge in [-0.1, -0.05) is 12.1 Å². The molecule has 0 heterocycles. The van der Waals surface area contributed by atoms with Crippen LogP contribution in [0, 0.1) is 0 Å². The molecule has 0 bridgehead atoms. The lowest BCUT2D eigenvalue weighted by Gasteiger charge is -2.06. The van der Waals surface area contributed by atoms with E-state index in [1.165, 1.54) is 0 Å². The Labute approximate surface area is 64.8 Å². The van der Waals surface area contributed by atoms with Gasteiger partial charge in [0.25, 0.3) is 0 Å². The average Bonchev–Trinajstić information content (AvgIpc) is 2.05. The highest BCUT2D eigenvalue weighted by molar-refractivity contribution is 5.26. The lowest BCUT2D eigenvalue weighted by Crippen LogP contribution is -1.94. The molecule has 1 unspecified atom stereocenters. The van der Waals surface area contributed by atoms with Crippen LogP contribution in [-0.4, -0.2) is 10.4 Å². The van der Waals surface area contributed by atoms with E-state index in [1.807, 2.05) is 0 Å². The molecule has 0 amide bonds. The Bertz CT molecular complexity index is 217. The Morgan fingerprint density at radius 1 is 1.27 bits per heavy atom. The first-order valence-corrected chi connectivity index (χ1v) is 3.33. The van der Waals surface area contributed by atoms with Gasteiger partial charge in [-0.2, -0.15) is 0 Å².